The summed E-state index contributed by atoms with van der Waals surface area (Å²) in [5.41, 5.74) is 1.77. The summed E-state index contributed by atoms with van der Waals surface area (Å²) in [7, 11) is 1.84. The van der Waals surface area contributed by atoms with Gasteiger partial charge in [-0.3, -0.25) is 9.59 Å². The molecular weight excluding hydrogens is 504 g/mol. The van der Waals surface area contributed by atoms with Crippen LogP contribution in [0.2, 0.25) is 0 Å². The van der Waals surface area contributed by atoms with E-state index >= 15 is 0 Å². The van der Waals surface area contributed by atoms with Crippen LogP contribution in [-0.4, -0.2) is 63.4 Å². The number of halogens is 1. The number of aromatic nitrogens is 3. The van der Waals surface area contributed by atoms with Crippen molar-refractivity contribution in [2.24, 2.45) is 7.05 Å². The van der Waals surface area contributed by atoms with Crippen LogP contribution >= 0.6 is 27.7 Å². The number of benzene rings is 2. The molecule has 0 saturated carbocycles. The number of nitrogens with one attached hydrogen (secondary N) is 1. The topological polar surface area (TPSA) is 83.4 Å². The van der Waals surface area contributed by atoms with E-state index in [0.717, 1.165) is 17.6 Å². The van der Waals surface area contributed by atoms with Crippen LogP contribution in [0.15, 0.2) is 64.2 Å². The zero-order valence-electron chi connectivity index (χ0n) is 18.3. The zero-order chi connectivity index (χ0) is 23.2. The van der Waals surface area contributed by atoms with E-state index in [4.69, 9.17) is 0 Å². The fraction of sp³-hybridized carbons (Fsp3) is 0.304. The van der Waals surface area contributed by atoms with Crippen molar-refractivity contribution in [2.45, 2.75) is 11.7 Å². The highest BCUT2D eigenvalue weighted by atomic mass is 79.9. The molecule has 1 aliphatic heterocycles. The summed E-state index contributed by atoms with van der Waals surface area (Å²) < 4.78 is 2.73. The van der Waals surface area contributed by atoms with Crippen molar-refractivity contribution in [3.05, 3.63) is 70.5 Å². The van der Waals surface area contributed by atoms with Crippen LogP contribution < -0.4 is 10.2 Å². The Hall–Kier alpha value is -2.85. The molecule has 2 heterocycles. The van der Waals surface area contributed by atoms with Gasteiger partial charge < -0.3 is 19.7 Å². The van der Waals surface area contributed by atoms with Gasteiger partial charge in [0, 0.05) is 49.0 Å². The summed E-state index contributed by atoms with van der Waals surface area (Å²) in [4.78, 5) is 29.2. The molecule has 0 aliphatic carbocycles. The van der Waals surface area contributed by atoms with Gasteiger partial charge in [0.2, 0.25) is 5.91 Å². The summed E-state index contributed by atoms with van der Waals surface area (Å²) in [5.74, 6) is 0.861. The van der Waals surface area contributed by atoms with Crippen LogP contribution in [0.25, 0.3) is 0 Å². The van der Waals surface area contributed by atoms with Gasteiger partial charge in [-0.15, -0.1) is 10.2 Å². The highest BCUT2D eigenvalue weighted by molar-refractivity contribution is 9.10. The summed E-state index contributed by atoms with van der Waals surface area (Å²) in [5, 5.41) is 11.9. The van der Waals surface area contributed by atoms with Gasteiger partial charge in [-0.2, -0.15) is 0 Å². The molecule has 4 rings (SSSR count). The Morgan fingerprint density at radius 1 is 1.00 bits per heavy atom. The van der Waals surface area contributed by atoms with Crippen LogP contribution in [0.1, 0.15) is 16.2 Å². The van der Waals surface area contributed by atoms with Crippen molar-refractivity contribution in [3.63, 3.8) is 0 Å². The minimum Gasteiger partial charge on any atom is -0.368 e. The van der Waals surface area contributed by atoms with Crippen molar-refractivity contribution in [1.29, 1.82) is 0 Å². The van der Waals surface area contributed by atoms with Gasteiger partial charge in [-0.1, -0.05) is 45.9 Å². The molecule has 0 radical (unpaired) electrons. The molecule has 0 spiro atoms. The Bertz CT molecular complexity index is 1100. The number of rotatable bonds is 7. The van der Waals surface area contributed by atoms with Crippen LogP contribution in [0, 0.1) is 0 Å². The average Bonchev–Trinajstić information content (AvgIpc) is 3.21. The lowest BCUT2D eigenvalue weighted by Crippen LogP contribution is -2.49. The Labute approximate surface area is 205 Å². The normalized spacial score (nSPS) is 13.8. The number of amides is 2. The predicted octanol–water partition coefficient (Wildman–Crippen LogP) is 2.95. The van der Waals surface area contributed by atoms with Gasteiger partial charge >= 0.3 is 0 Å². The molecule has 2 amide bonds. The third-order valence-corrected chi connectivity index (χ3v) is 7.05. The van der Waals surface area contributed by atoms with Gasteiger partial charge in [0.1, 0.15) is 0 Å². The minimum absolute atomic E-state index is 0.0980. The lowest BCUT2D eigenvalue weighted by Gasteiger charge is -2.36. The minimum atomic E-state index is -0.176. The summed E-state index contributed by atoms with van der Waals surface area (Å²) in [6.45, 7) is 3.33. The SMILES string of the molecule is Cn1c(CNC(=O)c2ccc(Br)cc2)nnc1SCC(=O)N1CCN(c2ccccc2)CC1. The molecule has 33 heavy (non-hydrogen) atoms. The number of piperazine rings is 1. The predicted molar refractivity (Wildman–Crippen MR) is 132 cm³/mol. The molecule has 1 saturated heterocycles. The average molecular weight is 529 g/mol. The largest absolute Gasteiger partial charge is 0.368 e. The molecule has 1 N–H and O–H groups in total. The van der Waals surface area contributed by atoms with E-state index in [1.807, 2.05) is 46.8 Å². The van der Waals surface area contributed by atoms with E-state index in [9.17, 15) is 9.59 Å². The van der Waals surface area contributed by atoms with Crippen molar-refractivity contribution < 1.29 is 9.59 Å². The van der Waals surface area contributed by atoms with Crippen molar-refractivity contribution >= 4 is 45.2 Å². The number of hydrogen-bond acceptors (Lipinski definition) is 6. The monoisotopic (exact) mass is 528 g/mol. The Morgan fingerprint density at radius 2 is 1.70 bits per heavy atom. The smallest absolute Gasteiger partial charge is 0.251 e. The van der Waals surface area contributed by atoms with Crippen molar-refractivity contribution in [2.75, 3.05) is 36.8 Å². The number of nitrogens with zero attached hydrogens (tertiary/aromatic N) is 5. The molecule has 3 aromatic rings. The molecular formula is C23H25BrN6O2S. The number of carbonyl (C=O) groups excluding carboxylic acids is 2. The van der Waals surface area contributed by atoms with Gasteiger partial charge in [0.15, 0.2) is 11.0 Å². The summed E-state index contributed by atoms with van der Waals surface area (Å²) in [6.07, 6.45) is 0. The highest BCUT2D eigenvalue weighted by Gasteiger charge is 2.22. The lowest BCUT2D eigenvalue weighted by atomic mass is 10.2. The maximum atomic E-state index is 12.7. The van der Waals surface area contributed by atoms with Gasteiger partial charge in [0.05, 0.1) is 12.3 Å². The first-order valence-electron chi connectivity index (χ1n) is 10.6. The molecule has 0 bridgehead atoms. The number of para-hydroxylation sites is 1. The second kappa shape index (κ2) is 10.8. The highest BCUT2D eigenvalue weighted by Crippen LogP contribution is 2.19. The second-order valence-electron chi connectivity index (χ2n) is 7.64. The van der Waals surface area contributed by atoms with Crippen LogP contribution in [-0.2, 0) is 18.4 Å². The first-order chi connectivity index (χ1) is 16.0. The number of anilines is 1. The second-order valence-corrected chi connectivity index (χ2v) is 9.50. The first kappa shape index (κ1) is 23.3. The van der Waals surface area contributed by atoms with Crippen LogP contribution in [0.3, 0.4) is 0 Å². The molecule has 0 unspecified atom stereocenters. The van der Waals surface area contributed by atoms with E-state index in [1.54, 1.807) is 12.1 Å². The molecule has 2 aromatic carbocycles. The Morgan fingerprint density at radius 3 is 2.39 bits per heavy atom. The standard InChI is InChI=1S/C23H25BrN6O2S/c1-28-20(15-25-22(32)17-7-9-18(24)10-8-17)26-27-23(28)33-16-21(31)30-13-11-29(12-14-30)19-5-3-2-4-6-19/h2-10H,11-16H2,1H3,(H,25,32). The molecule has 1 aliphatic rings. The molecule has 1 aromatic heterocycles. The maximum absolute atomic E-state index is 12.7. The van der Waals surface area contributed by atoms with Crippen LogP contribution in [0.4, 0.5) is 5.69 Å². The third kappa shape index (κ3) is 5.94. The molecule has 10 heteroatoms. The van der Waals surface area contributed by atoms with Crippen molar-refractivity contribution in [1.82, 2.24) is 25.0 Å². The van der Waals surface area contributed by atoms with E-state index in [1.165, 1.54) is 17.4 Å². The zero-order valence-corrected chi connectivity index (χ0v) is 20.7. The number of hydrogen-bond donors (Lipinski definition) is 1. The Kier molecular flexibility index (Phi) is 7.66. The molecule has 1 fully saturated rings. The molecule has 172 valence electrons. The fourth-order valence-electron chi connectivity index (χ4n) is 3.56. The summed E-state index contributed by atoms with van der Waals surface area (Å²) >= 11 is 4.73. The first-order valence-corrected chi connectivity index (χ1v) is 12.4. The quantitative estimate of drug-likeness (QED) is 0.474. The maximum Gasteiger partial charge on any atom is 0.251 e. The lowest BCUT2D eigenvalue weighted by molar-refractivity contribution is -0.128. The van der Waals surface area contributed by atoms with Crippen molar-refractivity contribution in [3.8, 4) is 0 Å². The van der Waals surface area contributed by atoms with E-state index in [0.29, 0.717) is 35.4 Å². The Balaban J connectivity index is 1.24. The van der Waals surface area contributed by atoms with Gasteiger partial charge in [-0.05, 0) is 36.4 Å². The third-order valence-electron chi connectivity index (χ3n) is 5.52. The van der Waals surface area contributed by atoms with Gasteiger partial charge in [0.25, 0.3) is 5.91 Å². The number of carbonyl (C=O) groups is 2. The van der Waals surface area contributed by atoms with E-state index in [2.05, 4.69) is 48.5 Å². The summed E-state index contributed by atoms with van der Waals surface area (Å²) in [6, 6.07) is 17.4. The van der Waals surface area contributed by atoms with Gasteiger partial charge in [-0.25, -0.2) is 0 Å². The fourth-order valence-corrected chi connectivity index (χ4v) is 4.65. The van der Waals surface area contributed by atoms with E-state index < -0.39 is 0 Å². The molecule has 8 nitrogen and oxygen atoms in total. The van der Waals surface area contributed by atoms with E-state index in [-0.39, 0.29) is 18.4 Å². The van der Waals surface area contributed by atoms with Crippen LogP contribution in [0.5, 0.6) is 0 Å². The number of thioether (sulfide) groups is 1. The molecule has 0 atom stereocenters.